The van der Waals surface area contributed by atoms with Crippen LogP contribution in [0, 0.1) is 11.8 Å². The van der Waals surface area contributed by atoms with Crippen LogP contribution in [0.1, 0.15) is 50.7 Å². The molecule has 26 heavy (non-hydrogen) atoms. The molecule has 7 heteroatoms. The zero-order valence-corrected chi connectivity index (χ0v) is 15.7. The molecule has 7 nitrogen and oxygen atoms in total. The van der Waals surface area contributed by atoms with E-state index in [9.17, 15) is 0 Å². The van der Waals surface area contributed by atoms with Gasteiger partial charge < -0.3 is 19.5 Å². The number of guanidine groups is 1. The van der Waals surface area contributed by atoms with Crippen molar-refractivity contribution in [1.29, 1.82) is 0 Å². The zero-order chi connectivity index (χ0) is 17.5. The number of aromatic nitrogens is 3. The van der Waals surface area contributed by atoms with Gasteiger partial charge in [0.1, 0.15) is 12.4 Å². The molecule has 4 aliphatic rings. The number of fused-ring (bicyclic) bond motifs is 6. The minimum Gasteiger partial charge on any atom is -0.374 e. The summed E-state index contributed by atoms with van der Waals surface area (Å²) in [4.78, 5) is 7.39. The van der Waals surface area contributed by atoms with Crippen molar-refractivity contribution in [3.63, 3.8) is 0 Å². The van der Waals surface area contributed by atoms with E-state index in [0.717, 1.165) is 50.2 Å². The van der Waals surface area contributed by atoms with E-state index in [2.05, 4.69) is 31.9 Å². The first-order chi connectivity index (χ1) is 12.8. The maximum Gasteiger partial charge on any atom is 0.194 e. The van der Waals surface area contributed by atoms with Gasteiger partial charge in [0.25, 0.3) is 0 Å². The van der Waals surface area contributed by atoms with Gasteiger partial charge in [-0.2, -0.15) is 0 Å². The third-order valence-electron chi connectivity index (χ3n) is 6.64. The highest BCUT2D eigenvalue weighted by molar-refractivity contribution is 5.80. The van der Waals surface area contributed by atoms with Gasteiger partial charge in [0.15, 0.2) is 11.8 Å². The molecule has 0 amide bonds. The number of nitrogens with one attached hydrogen (secondary N) is 1. The van der Waals surface area contributed by atoms with E-state index >= 15 is 0 Å². The molecular formula is C19H30N6O. The summed E-state index contributed by atoms with van der Waals surface area (Å²) in [6.07, 6.45) is 8.27. The van der Waals surface area contributed by atoms with Crippen LogP contribution in [-0.2, 0) is 24.2 Å². The van der Waals surface area contributed by atoms with Gasteiger partial charge >= 0.3 is 0 Å². The molecule has 5 heterocycles. The molecule has 0 saturated carbocycles. The van der Waals surface area contributed by atoms with Crippen molar-refractivity contribution in [3.05, 3.63) is 11.6 Å². The molecule has 3 saturated heterocycles. The van der Waals surface area contributed by atoms with Crippen LogP contribution in [0.2, 0.25) is 0 Å². The summed E-state index contributed by atoms with van der Waals surface area (Å²) >= 11 is 0. The van der Waals surface area contributed by atoms with Gasteiger partial charge in [-0.1, -0.05) is 6.42 Å². The van der Waals surface area contributed by atoms with Crippen LogP contribution in [0.4, 0.5) is 0 Å². The van der Waals surface area contributed by atoms with Gasteiger partial charge in [-0.15, -0.1) is 10.2 Å². The Kier molecular flexibility index (Phi) is 4.35. The topological polar surface area (TPSA) is 67.6 Å². The summed E-state index contributed by atoms with van der Waals surface area (Å²) in [6.45, 7) is 6.85. The number of nitrogens with zero attached hydrogens (tertiary/aromatic N) is 5. The van der Waals surface area contributed by atoms with E-state index in [1.165, 1.54) is 32.1 Å². The number of hydrogen-bond donors (Lipinski definition) is 1. The van der Waals surface area contributed by atoms with E-state index in [-0.39, 0.29) is 0 Å². The zero-order valence-electron chi connectivity index (χ0n) is 15.7. The highest BCUT2D eigenvalue weighted by atomic mass is 16.5. The number of hydrogen-bond acceptors (Lipinski definition) is 4. The number of rotatable bonds is 3. The molecule has 1 N–H and O–H groups in total. The molecule has 0 aliphatic carbocycles. The predicted molar refractivity (Wildman–Crippen MR) is 98.8 cm³/mol. The van der Waals surface area contributed by atoms with E-state index in [1.807, 2.05) is 0 Å². The molecule has 1 aromatic rings. The van der Waals surface area contributed by atoms with Crippen molar-refractivity contribution in [2.45, 2.75) is 70.7 Å². The fourth-order valence-electron chi connectivity index (χ4n) is 5.37. The molecular weight excluding hydrogens is 328 g/mol. The average molecular weight is 358 g/mol. The Morgan fingerprint density at radius 2 is 1.96 bits per heavy atom. The molecule has 4 atom stereocenters. The third-order valence-corrected chi connectivity index (χ3v) is 6.64. The molecule has 0 aromatic carbocycles. The van der Waals surface area contributed by atoms with Crippen molar-refractivity contribution in [3.8, 4) is 0 Å². The molecule has 3 fully saturated rings. The Morgan fingerprint density at radius 1 is 1.15 bits per heavy atom. The maximum absolute atomic E-state index is 6.11. The lowest BCUT2D eigenvalue weighted by atomic mass is 9.82. The SMILES string of the molecule is CCNC(=NCc1nnc2n1CCCCC2)N1CC2C3CCC(O3)C2C1. The molecule has 4 unspecified atom stereocenters. The number of aryl methyl sites for hydroxylation is 1. The van der Waals surface area contributed by atoms with Crippen LogP contribution in [0.25, 0.3) is 0 Å². The van der Waals surface area contributed by atoms with Gasteiger partial charge in [0.2, 0.25) is 0 Å². The quantitative estimate of drug-likeness (QED) is 0.656. The van der Waals surface area contributed by atoms with Gasteiger partial charge in [-0.25, -0.2) is 4.99 Å². The second-order valence-electron chi connectivity index (χ2n) is 8.19. The number of likely N-dealkylation sites (tertiary alicyclic amines) is 1. The minimum absolute atomic E-state index is 0.491. The van der Waals surface area contributed by atoms with Crippen molar-refractivity contribution in [2.75, 3.05) is 19.6 Å². The minimum atomic E-state index is 0.491. The third kappa shape index (κ3) is 2.80. The Bertz CT molecular complexity index is 668. The summed E-state index contributed by atoms with van der Waals surface area (Å²) in [6, 6.07) is 0. The highest BCUT2D eigenvalue weighted by Gasteiger charge is 2.53. The van der Waals surface area contributed by atoms with Crippen LogP contribution in [0.3, 0.4) is 0 Å². The average Bonchev–Trinajstić information content (AvgIpc) is 3.38. The highest BCUT2D eigenvalue weighted by Crippen LogP contribution is 2.47. The predicted octanol–water partition coefficient (Wildman–Crippen LogP) is 1.58. The lowest BCUT2D eigenvalue weighted by Gasteiger charge is -2.23. The Morgan fingerprint density at radius 3 is 2.73 bits per heavy atom. The normalized spacial score (nSPS) is 33.3. The summed E-state index contributed by atoms with van der Waals surface area (Å²) in [7, 11) is 0. The lowest BCUT2D eigenvalue weighted by Crippen LogP contribution is -2.41. The van der Waals surface area contributed by atoms with E-state index < -0.39 is 0 Å². The van der Waals surface area contributed by atoms with Crippen LogP contribution >= 0.6 is 0 Å². The van der Waals surface area contributed by atoms with E-state index in [4.69, 9.17) is 9.73 Å². The molecule has 142 valence electrons. The summed E-state index contributed by atoms with van der Waals surface area (Å²) in [5, 5.41) is 12.3. The first-order valence-corrected chi connectivity index (χ1v) is 10.4. The Hall–Kier alpha value is -1.63. The van der Waals surface area contributed by atoms with Crippen molar-refractivity contribution < 1.29 is 4.74 Å². The second-order valence-corrected chi connectivity index (χ2v) is 8.19. The van der Waals surface area contributed by atoms with Crippen LogP contribution in [-0.4, -0.2) is 57.5 Å². The van der Waals surface area contributed by atoms with E-state index in [0.29, 0.717) is 30.6 Å². The second kappa shape index (κ2) is 6.83. The monoisotopic (exact) mass is 358 g/mol. The first kappa shape index (κ1) is 16.5. The number of aliphatic imine (C=N–C) groups is 1. The Balaban J connectivity index is 1.31. The molecule has 0 spiro atoms. The molecule has 2 bridgehead atoms. The molecule has 4 aliphatic heterocycles. The van der Waals surface area contributed by atoms with Gasteiger partial charge in [-0.3, -0.25) is 0 Å². The van der Waals surface area contributed by atoms with E-state index in [1.54, 1.807) is 0 Å². The smallest absolute Gasteiger partial charge is 0.194 e. The van der Waals surface area contributed by atoms with Crippen LogP contribution in [0.15, 0.2) is 4.99 Å². The fourth-order valence-corrected chi connectivity index (χ4v) is 5.37. The lowest BCUT2D eigenvalue weighted by molar-refractivity contribution is 0.0767. The molecule has 5 rings (SSSR count). The molecule has 0 radical (unpaired) electrons. The van der Waals surface area contributed by atoms with Crippen molar-refractivity contribution in [1.82, 2.24) is 25.0 Å². The summed E-state index contributed by atoms with van der Waals surface area (Å²) < 4.78 is 8.41. The van der Waals surface area contributed by atoms with Gasteiger partial charge in [-0.05, 0) is 32.6 Å². The summed E-state index contributed by atoms with van der Waals surface area (Å²) in [5.41, 5.74) is 0. The standard InChI is InChI=1S/C19H30N6O/c1-2-20-19(24-11-13-14(12-24)16-8-7-15(13)26-16)21-10-18-23-22-17-6-4-3-5-9-25(17)18/h13-16H,2-12H2,1H3,(H,20,21). The number of ether oxygens (including phenoxy) is 1. The first-order valence-electron chi connectivity index (χ1n) is 10.4. The van der Waals surface area contributed by atoms with Crippen LogP contribution in [0.5, 0.6) is 0 Å². The maximum atomic E-state index is 6.11. The largest absolute Gasteiger partial charge is 0.374 e. The molecule has 1 aromatic heterocycles. The van der Waals surface area contributed by atoms with Crippen molar-refractivity contribution in [2.24, 2.45) is 16.8 Å². The fraction of sp³-hybridized carbons (Fsp3) is 0.842. The summed E-state index contributed by atoms with van der Waals surface area (Å²) in [5.74, 6) is 4.58. The van der Waals surface area contributed by atoms with Crippen molar-refractivity contribution >= 4 is 5.96 Å². The van der Waals surface area contributed by atoms with Gasteiger partial charge in [0.05, 0.1) is 12.2 Å². The van der Waals surface area contributed by atoms with Gasteiger partial charge in [0, 0.05) is 44.4 Å². The van der Waals surface area contributed by atoms with Crippen LogP contribution < -0.4 is 5.32 Å². The Labute approximate surface area is 155 Å².